The summed E-state index contributed by atoms with van der Waals surface area (Å²) in [5.74, 6) is 0.854. The summed E-state index contributed by atoms with van der Waals surface area (Å²) < 4.78 is 16.7. The first-order valence-corrected chi connectivity index (χ1v) is 9.79. The fourth-order valence-electron chi connectivity index (χ4n) is 4.19. The Morgan fingerprint density at radius 3 is 2.46 bits per heavy atom. The number of morpholine rings is 1. The number of nitrogens with one attached hydrogen (secondary N) is 2. The molecule has 1 aliphatic carbocycles. The Hall–Kier alpha value is -0.160. The van der Waals surface area contributed by atoms with Gasteiger partial charge in [0.1, 0.15) is 0 Å². The highest BCUT2D eigenvalue weighted by Gasteiger charge is 2.38. The highest BCUT2D eigenvalue weighted by molar-refractivity contribution is 14.0. The lowest BCUT2D eigenvalue weighted by Gasteiger charge is -2.48. The van der Waals surface area contributed by atoms with Gasteiger partial charge in [0.25, 0.3) is 0 Å². The maximum atomic E-state index is 5.69. The summed E-state index contributed by atoms with van der Waals surface area (Å²) >= 11 is 0. The summed E-state index contributed by atoms with van der Waals surface area (Å²) in [5, 5.41) is 6.97. The van der Waals surface area contributed by atoms with Gasteiger partial charge in [-0.05, 0) is 12.8 Å². The van der Waals surface area contributed by atoms with Crippen molar-refractivity contribution in [2.24, 2.45) is 4.99 Å². The van der Waals surface area contributed by atoms with Gasteiger partial charge in [0.05, 0.1) is 39.1 Å². The predicted octanol–water partition coefficient (Wildman–Crippen LogP) is 1.22. The molecule has 0 aromatic heterocycles. The third kappa shape index (κ3) is 6.19. The van der Waals surface area contributed by atoms with Crippen LogP contribution in [0.2, 0.25) is 0 Å². The molecular formula is C18H35IN4O3. The second kappa shape index (κ2) is 11.6. The van der Waals surface area contributed by atoms with Crippen LogP contribution in [0.3, 0.4) is 0 Å². The molecule has 0 radical (unpaired) electrons. The lowest BCUT2D eigenvalue weighted by Crippen LogP contribution is -2.60. The third-order valence-electron chi connectivity index (χ3n) is 5.66. The number of aliphatic imine (C=N–C) groups is 1. The maximum absolute atomic E-state index is 5.69. The lowest BCUT2D eigenvalue weighted by atomic mass is 9.80. The second-order valence-electron chi connectivity index (χ2n) is 7.26. The van der Waals surface area contributed by atoms with Crippen LogP contribution in [-0.4, -0.2) is 88.8 Å². The number of hydrogen-bond acceptors (Lipinski definition) is 5. The van der Waals surface area contributed by atoms with E-state index in [0.29, 0.717) is 19.8 Å². The first-order valence-electron chi connectivity index (χ1n) is 9.79. The molecule has 2 N–H and O–H groups in total. The van der Waals surface area contributed by atoms with Crippen molar-refractivity contribution in [3.05, 3.63) is 0 Å². The van der Waals surface area contributed by atoms with Crippen LogP contribution in [-0.2, 0) is 14.2 Å². The minimum atomic E-state index is 0. The zero-order chi connectivity index (χ0) is 17.4. The van der Waals surface area contributed by atoms with Gasteiger partial charge >= 0.3 is 0 Å². The molecule has 152 valence electrons. The van der Waals surface area contributed by atoms with Crippen LogP contribution in [0.5, 0.6) is 0 Å². The number of ether oxygens (including phenoxy) is 3. The summed E-state index contributed by atoms with van der Waals surface area (Å²) in [4.78, 5) is 7.03. The van der Waals surface area contributed by atoms with Gasteiger partial charge in [-0.15, -0.1) is 24.0 Å². The molecule has 2 saturated heterocycles. The SMILES string of the molecule is CN=C(NCC1COCCO1)NCC1(N2CCOCC2)CCCCC1.I. The van der Waals surface area contributed by atoms with Crippen molar-refractivity contribution in [2.45, 2.75) is 43.7 Å². The molecular weight excluding hydrogens is 447 g/mol. The van der Waals surface area contributed by atoms with E-state index in [2.05, 4.69) is 20.5 Å². The van der Waals surface area contributed by atoms with Crippen LogP contribution in [0.25, 0.3) is 0 Å². The van der Waals surface area contributed by atoms with Gasteiger partial charge in [-0.1, -0.05) is 19.3 Å². The molecule has 3 fully saturated rings. The van der Waals surface area contributed by atoms with E-state index in [1.165, 1.54) is 32.1 Å². The van der Waals surface area contributed by atoms with E-state index in [1.807, 2.05) is 7.05 Å². The summed E-state index contributed by atoms with van der Waals surface area (Å²) in [6.45, 7) is 7.49. The largest absolute Gasteiger partial charge is 0.379 e. The number of rotatable bonds is 5. The Morgan fingerprint density at radius 2 is 1.81 bits per heavy atom. The molecule has 1 unspecified atom stereocenters. The third-order valence-corrected chi connectivity index (χ3v) is 5.66. The van der Waals surface area contributed by atoms with Crippen LogP contribution >= 0.6 is 24.0 Å². The monoisotopic (exact) mass is 482 g/mol. The van der Waals surface area contributed by atoms with Gasteiger partial charge in [0.2, 0.25) is 0 Å². The predicted molar refractivity (Wildman–Crippen MR) is 114 cm³/mol. The molecule has 0 amide bonds. The zero-order valence-corrected chi connectivity index (χ0v) is 18.3. The van der Waals surface area contributed by atoms with Crippen LogP contribution in [0.1, 0.15) is 32.1 Å². The normalized spacial score (nSPS) is 27.4. The number of halogens is 1. The standard InChI is InChI=1S/C18H34N4O3.HI/c1-19-17(20-13-16-14-24-11-12-25-16)21-15-18(5-3-2-4-6-18)22-7-9-23-10-8-22;/h16H,2-15H2,1H3,(H2,19,20,21);1H. The Kier molecular flexibility index (Phi) is 9.90. The fourth-order valence-corrected chi connectivity index (χ4v) is 4.19. The van der Waals surface area contributed by atoms with Crippen LogP contribution < -0.4 is 10.6 Å². The van der Waals surface area contributed by atoms with E-state index in [1.54, 1.807) is 0 Å². The molecule has 0 spiro atoms. The van der Waals surface area contributed by atoms with Crippen molar-refractivity contribution in [1.29, 1.82) is 0 Å². The number of guanidine groups is 1. The quantitative estimate of drug-likeness (QED) is 0.349. The van der Waals surface area contributed by atoms with E-state index in [0.717, 1.165) is 45.4 Å². The molecule has 8 heteroatoms. The Bertz CT molecular complexity index is 421. The Labute approximate surface area is 174 Å². The fraction of sp³-hybridized carbons (Fsp3) is 0.944. The average molecular weight is 482 g/mol. The topological polar surface area (TPSA) is 67.4 Å². The average Bonchev–Trinajstić information content (AvgIpc) is 2.70. The van der Waals surface area contributed by atoms with Gasteiger partial charge in [-0.25, -0.2) is 0 Å². The molecule has 3 rings (SSSR count). The molecule has 2 heterocycles. The van der Waals surface area contributed by atoms with Crippen molar-refractivity contribution < 1.29 is 14.2 Å². The minimum absolute atomic E-state index is 0. The first-order chi connectivity index (χ1) is 12.3. The van der Waals surface area contributed by atoms with Crippen LogP contribution in [0.4, 0.5) is 0 Å². The molecule has 7 nitrogen and oxygen atoms in total. The molecule has 0 aromatic carbocycles. The Balaban J connectivity index is 0.00000243. The second-order valence-corrected chi connectivity index (χ2v) is 7.26. The van der Waals surface area contributed by atoms with Crippen LogP contribution in [0.15, 0.2) is 4.99 Å². The van der Waals surface area contributed by atoms with Gasteiger partial charge in [0, 0.05) is 38.8 Å². The van der Waals surface area contributed by atoms with E-state index < -0.39 is 0 Å². The van der Waals surface area contributed by atoms with Gasteiger partial charge < -0.3 is 24.8 Å². The maximum Gasteiger partial charge on any atom is 0.191 e. The molecule has 26 heavy (non-hydrogen) atoms. The minimum Gasteiger partial charge on any atom is -0.379 e. The molecule has 0 aromatic rings. The van der Waals surface area contributed by atoms with E-state index in [-0.39, 0.29) is 35.6 Å². The number of nitrogens with zero attached hydrogens (tertiary/aromatic N) is 2. The molecule has 1 atom stereocenters. The van der Waals surface area contributed by atoms with E-state index in [4.69, 9.17) is 14.2 Å². The van der Waals surface area contributed by atoms with E-state index >= 15 is 0 Å². The lowest BCUT2D eigenvalue weighted by molar-refractivity contribution is -0.0850. The smallest absolute Gasteiger partial charge is 0.191 e. The van der Waals surface area contributed by atoms with Gasteiger partial charge in [-0.3, -0.25) is 9.89 Å². The first kappa shape index (κ1) is 22.1. The summed E-state index contributed by atoms with van der Waals surface area (Å²) in [6, 6.07) is 0. The van der Waals surface area contributed by atoms with Crippen molar-refractivity contribution in [3.8, 4) is 0 Å². The van der Waals surface area contributed by atoms with Gasteiger partial charge in [0.15, 0.2) is 5.96 Å². The Morgan fingerprint density at radius 1 is 1.04 bits per heavy atom. The molecule has 0 bridgehead atoms. The summed E-state index contributed by atoms with van der Waals surface area (Å²) in [5.41, 5.74) is 0.240. The van der Waals surface area contributed by atoms with Crippen molar-refractivity contribution in [2.75, 3.05) is 66.3 Å². The molecule has 1 saturated carbocycles. The van der Waals surface area contributed by atoms with Gasteiger partial charge in [-0.2, -0.15) is 0 Å². The van der Waals surface area contributed by atoms with Crippen molar-refractivity contribution >= 4 is 29.9 Å². The highest BCUT2D eigenvalue weighted by Crippen LogP contribution is 2.33. The van der Waals surface area contributed by atoms with Crippen molar-refractivity contribution in [3.63, 3.8) is 0 Å². The summed E-state index contributed by atoms with van der Waals surface area (Å²) in [7, 11) is 1.83. The van der Waals surface area contributed by atoms with Crippen LogP contribution in [0, 0.1) is 0 Å². The highest BCUT2D eigenvalue weighted by atomic mass is 127. The molecule has 3 aliphatic rings. The zero-order valence-electron chi connectivity index (χ0n) is 16.0. The summed E-state index contributed by atoms with van der Waals surface area (Å²) in [6.07, 6.45) is 6.62. The molecule has 2 aliphatic heterocycles. The van der Waals surface area contributed by atoms with E-state index in [9.17, 15) is 0 Å². The number of hydrogen-bond donors (Lipinski definition) is 2. The van der Waals surface area contributed by atoms with Crippen molar-refractivity contribution in [1.82, 2.24) is 15.5 Å².